The van der Waals surface area contributed by atoms with Crippen molar-refractivity contribution in [2.24, 2.45) is 11.8 Å². The lowest BCUT2D eigenvalue weighted by Gasteiger charge is -2.34. The summed E-state index contributed by atoms with van der Waals surface area (Å²) in [7, 11) is -3.55. The zero-order chi connectivity index (χ0) is 20.5. The van der Waals surface area contributed by atoms with Gasteiger partial charge in [0.05, 0.1) is 10.9 Å². The predicted molar refractivity (Wildman–Crippen MR) is 107 cm³/mol. The number of rotatable bonds is 5. The summed E-state index contributed by atoms with van der Waals surface area (Å²) >= 11 is 0. The molecule has 7 heteroatoms. The molecule has 6 nitrogen and oxygen atoms in total. The number of nitrogens with zero attached hydrogens (tertiary/aromatic N) is 1. The van der Waals surface area contributed by atoms with E-state index in [1.807, 2.05) is 26.0 Å². The van der Waals surface area contributed by atoms with Crippen molar-refractivity contribution in [3.05, 3.63) is 53.5 Å². The van der Waals surface area contributed by atoms with E-state index >= 15 is 0 Å². The van der Waals surface area contributed by atoms with Crippen LogP contribution in [0.25, 0.3) is 0 Å². The molecular weight excluding hydrogens is 376 g/mol. The highest BCUT2D eigenvalue weighted by molar-refractivity contribution is 7.89. The molecule has 0 spiro atoms. The lowest BCUT2D eigenvalue weighted by Crippen LogP contribution is -2.42. The van der Waals surface area contributed by atoms with Crippen LogP contribution in [0.5, 0.6) is 0 Å². The van der Waals surface area contributed by atoms with E-state index in [9.17, 15) is 13.2 Å². The van der Waals surface area contributed by atoms with E-state index in [0.717, 1.165) is 12.2 Å². The lowest BCUT2D eigenvalue weighted by molar-refractivity contribution is 0.0935. The van der Waals surface area contributed by atoms with Crippen molar-refractivity contribution in [1.29, 1.82) is 0 Å². The van der Waals surface area contributed by atoms with Crippen LogP contribution in [-0.2, 0) is 10.0 Å². The Morgan fingerprint density at radius 3 is 2.25 bits per heavy atom. The fourth-order valence-corrected chi connectivity index (χ4v) is 5.45. The summed E-state index contributed by atoms with van der Waals surface area (Å²) in [6, 6.07) is 9.53. The number of sulfonamides is 1. The van der Waals surface area contributed by atoms with Gasteiger partial charge in [0, 0.05) is 18.7 Å². The summed E-state index contributed by atoms with van der Waals surface area (Å²) in [6.07, 6.45) is 1.04. The molecule has 1 aliphatic rings. The van der Waals surface area contributed by atoms with Crippen LogP contribution >= 0.6 is 0 Å². The van der Waals surface area contributed by atoms with Gasteiger partial charge in [0.1, 0.15) is 11.5 Å². The SMILES string of the molecule is Cc1ccc(C(C)NC(=O)c2ccc(S(=O)(=O)N3CC(C)CC(C)C3)cc2)o1. The molecule has 3 atom stereocenters. The summed E-state index contributed by atoms with van der Waals surface area (Å²) in [6.45, 7) is 8.92. The number of furan rings is 1. The van der Waals surface area contributed by atoms with Crippen molar-refractivity contribution in [3.63, 3.8) is 0 Å². The minimum Gasteiger partial charge on any atom is -0.464 e. The van der Waals surface area contributed by atoms with Crippen molar-refractivity contribution >= 4 is 15.9 Å². The molecule has 1 saturated heterocycles. The molecule has 0 radical (unpaired) electrons. The van der Waals surface area contributed by atoms with Crippen molar-refractivity contribution in [3.8, 4) is 0 Å². The maximum Gasteiger partial charge on any atom is 0.251 e. The molecule has 28 heavy (non-hydrogen) atoms. The molecule has 2 heterocycles. The average Bonchev–Trinajstić information content (AvgIpc) is 3.07. The van der Waals surface area contributed by atoms with Gasteiger partial charge < -0.3 is 9.73 Å². The Hall–Kier alpha value is -2.12. The zero-order valence-electron chi connectivity index (χ0n) is 16.8. The number of benzene rings is 1. The molecule has 1 N–H and O–H groups in total. The van der Waals surface area contributed by atoms with E-state index in [2.05, 4.69) is 19.2 Å². The standard InChI is InChI=1S/C21H28N2O4S/c1-14-11-15(2)13-23(12-14)28(25,26)19-8-6-18(7-9-19)21(24)22-17(4)20-10-5-16(3)27-20/h5-10,14-15,17H,11-13H2,1-4H3,(H,22,24). The second-order valence-electron chi connectivity index (χ2n) is 7.94. The van der Waals surface area contributed by atoms with Gasteiger partial charge in [-0.1, -0.05) is 13.8 Å². The minimum atomic E-state index is -3.55. The molecule has 1 aliphatic heterocycles. The molecule has 2 aromatic rings. The third kappa shape index (κ3) is 4.47. The van der Waals surface area contributed by atoms with Crippen LogP contribution in [0.4, 0.5) is 0 Å². The summed E-state index contributed by atoms with van der Waals surface area (Å²) in [5.41, 5.74) is 0.412. The number of carbonyl (C=O) groups excluding carboxylic acids is 1. The van der Waals surface area contributed by atoms with Gasteiger partial charge in [-0.2, -0.15) is 4.31 Å². The second kappa shape index (κ2) is 8.09. The Morgan fingerprint density at radius 1 is 1.11 bits per heavy atom. The van der Waals surface area contributed by atoms with Crippen LogP contribution in [0.3, 0.4) is 0 Å². The maximum atomic E-state index is 12.9. The topological polar surface area (TPSA) is 79.6 Å². The van der Waals surface area contributed by atoms with Gasteiger partial charge in [-0.25, -0.2) is 8.42 Å². The van der Waals surface area contributed by atoms with Crippen LogP contribution in [0, 0.1) is 18.8 Å². The minimum absolute atomic E-state index is 0.222. The number of nitrogens with one attached hydrogen (secondary N) is 1. The molecule has 0 bridgehead atoms. The van der Waals surface area contributed by atoms with Gasteiger partial charge in [-0.15, -0.1) is 0 Å². The van der Waals surface area contributed by atoms with Crippen LogP contribution in [0.2, 0.25) is 0 Å². The summed E-state index contributed by atoms with van der Waals surface area (Å²) in [5, 5.41) is 2.87. The number of carbonyl (C=O) groups is 1. The van der Waals surface area contributed by atoms with Crippen LogP contribution < -0.4 is 5.32 Å². The molecule has 0 saturated carbocycles. The predicted octanol–water partition coefficient (Wildman–Crippen LogP) is 3.75. The van der Waals surface area contributed by atoms with Gasteiger partial charge in [0.2, 0.25) is 10.0 Å². The number of amides is 1. The van der Waals surface area contributed by atoms with Gasteiger partial charge in [-0.05, 0) is 68.5 Å². The fraction of sp³-hybridized carbons (Fsp3) is 0.476. The fourth-order valence-electron chi connectivity index (χ4n) is 3.77. The van der Waals surface area contributed by atoms with Crippen LogP contribution in [0.1, 0.15) is 55.1 Å². The normalized spacial score (nSPS) is 22.0. The molecule has 1 fully saturated rings. The van der Waals surface area contributed by atoms with Crippen molar-refractivity contribution in [1.82, 2.24) is 9.62 Å². The first-order valence-corrected chi connectivity index (χ1v) is 11.1. The monoisotopic (exact) mass is 404 g/mol. The van der Waals surface area contributed by atoms with Crippen molar-refractivity contribution in [2.45, 2.75) is 45.1 Å². The largest absolute Gasteiger partial charge is 0.464 e. The van der Waals surface area contributed by atoms with Gasteiger partial charge in [-0.3, -0.25) is 4.79 Å². The summed E-state index contributed by atoms with van der Waals surface area (Å²) in [5.74, 6) is 1.88. The average molecular weight is 405 g/mol. The summed E-state index contributed by atoms with van der Waals surface area (Å²) < 4.78 is 33.0. The van der Waals surface area contributed by atoms with Crippen LogP contribution in [0.15, 0.2) is 45.7 Å². The highest BCUT2D eigenvalue weighted by Gasteiger charge is 2.31. The van der Waals surface area contributed by atoms with Crippen molar-refractivity contribution < 1.29 is 17.6 Å². The number of piperidine rings is 1. The van der Waals surface area contributed by atoms with E-state index in [1.165, 1.54) is 12.1 Å². The van der Waals surface area contributed by atoms with E-state index < -0.39 is 10.0 Å². The maximum absolute atomic E-state index is 12.9. The molecule has 1 aromatic heterocycles. The molecule has 1 aromatic carbocycles. The quantitative estimate of drug-likeness (QED) is 0.823. The first-order valence-electron chi connectivity index (χ1n) is 9.64. The molecule has 3 unspecified atom stereocenters. The third-order valence-corrected chi connectivity index (χ3v) is 6.97. The molecule has 152 valence electrons. The van der Waals surface area contributed by atoms with Crippen molar-refractivity contribution in [2.75, 3.05) is 13.1 Å². The number of hydrogen-bond acceptors (Lipinski definition) is 4. The second-order valence-corrected chi connectivity index (χ2v) is 9.87. The van der Waals surface area contributed by atoms with Gasteiger partial charge >= 0.3 is 0 Å². The highest BCUT2D eigenvalue weighted by Crippen LogP contribution is 2.27. The first kappa shape index (κ1) is 20.6. The lowest BCUT2D eigenvalue weighted by atomic mass is 9.94. The zero-order valence-corrected chi connectivity index (χ0v) is 17.6. The molecule has 1 amide bonds. The Bertz CT molecular complexity index is 924. The van der Waals surface area contributed by atoms with Gasteiger partial charge in [0.25, 0.3) is 5.91 Å². The molecule has 0 aliphatic carbocycles. The van der Waals surface area contributed by atoms with E-state index in [-0.39, 0.29) is 16.8 Å². The van der Waals surface area contributed by atoms with E-state index in [4.69, 9.17) is 4.42 Å². The first-order chi connectivity index (χ1) is 13.2. The Labute approximate surface area is 167 Å². The van der Waals surface area contributed by atoms with E-state index in [1.54, 1.807) is 16.4 Å². The van der Waals surface area contributed by atoms with Crippen LogP contribution in [-0.4, -0.2) is 31.7 Å². The number of hydrogen-bond donors (Lipinski definition) is 1. The third-order valence-electron chi connectivity index (χ3n) is 5.13. The Kier molecular flexibility index (Phi) is 5.95. The Morgan fingerprint density at radius 2 is 1.71 bits per heavy atom. The molecular formula is C21H28N2O4S. The number of aryl methyl sites for hydroxylation is 1. The molecule has 3 rings (SSSR count). The highest BCUT2D eigenvalue weighted by atomic mass is 32.2. The van der Waals surface area contributed by atoms with Gasteiger partial charge in [0.15, 0.2) is 0 Å². The smallest absolute Gasteiger partial charge is 0.251 e. The Balaban J connectivity index is 1.71. The summed E-state index contributed by atoms with van der Waals surface area (Å²) in [4.78, 5) is 12.7. The van der Waals surface area contributed by atoms with E-state index in [0.29, 0.717) is 36.2 Å².